The molecule has 9 radical (unpaired) electrons. The van der Waals surface area contributed by atoms with Gasteiger partial charge in [-0.05, 0) is 0 Å². The van der Waals surface area contributed by atoms with Gasteiger partial charge < -0.3 is 0 Å². The van der Waals surface area contributed by atoms with Crippen molar-refractivity contribution in [2.24, 2.45) is 0 Å². The van der Waals surface area contributed by atoms with Crippen molar-refractivity contribution in [1.82, 2.24) is 0 Å². The summed E-state index contributed by atoms with van der Waals surface area (Å²) in [6, 6.07) is 0. The minimum absolute atomic E-state index is 1.00. The quantitative estimate of drug-likeness (QED) is 0.302. The Bertz CT molecular complexity index is 44.9. The van der Waals surface area contributed by atoms with Crippen molar-refractivity contribution in [2.75, 3.05) is 0 Å². The predicted octanol–water partition coefficient (Wildman–Crippen LogP) is -0.560. The van der Waals surface area contributed by atoms with Crippen molar-refractivity contribution >= 4 is 42.7 Å². The van der Waals surface area contributed by atoms with Crippen LogP contribution in [0.2, 0.25) is 0 Å². The lowest BCUT2D eigenvalue weighted by atomic mass is 11.9. The number of rotatable bonds is 0. The third-order valence-corrected chi connectivity index (χ3v) is 3.02. The van der Waals surface area contributed by atoms with Crippen LogP contribution in [0.25, 0.3) is 0 Å². The lowest BCUT2D eigenvalue weighted by Crippen LogP contribution is -1.87. The molecule has 0 bridgehead atoms. The first-order valence-electron chi connectivity index (χ1n) is 0.947. The van der Waals surface area contributed by atoms with Crippen molar-refractivity contribution in [3.63, 3.8) is 0 Å². The highest BCUT2D eigenvalue weighted by atomic mass is 31.3. The molecule has 0 saturated carbocycles. The number of hydrogen-bond acceptors (Lipinski definition) is 0. The first-order valence-corrected chi connectivity index (χ1v) is 4.18. The van der Waals surface area contributed by atoms with Gasteiger partial charge in [0.1, 0.15) is 9.91 Å². The van der Waals surface area contributed by atoms with E-state index in [1.165, 1.54) is 0 Å². The molecule has 0 spiro atoms. The molecule has 0 N–H and O–H groups in total. The smallest absolute Gasteiger partial charge is 0.107 e. The zero-order valence-corrected chi connectivity index (χ0v) is 6.34. The van der Waals surface area contributed by atoms with Crippen LogP contribution in [-0.4, -0.2) is 34.9 Å². The van der Waals surface area contributed by atoms with Crippen molar-refractivity contribution < 1.29 is 0 Å². The van der Waals surface area contributed by atoms with Gasteiger partial charge in [0, 0.05) is 0 Å². The fraction of sp³-hybridized carbons (Fsp3) is 0. The van der Waals surface area contributed by atoms with Crippen LogP contribution >= 0.6 is 7.75 Å². The Morgan fingerprint density at radius 1 is 1.40 bits per heavy atom. The van der Waals surface area contributed by atoms with Crippen LogP contribution < -0.4 is 0 Å². The highest BCUT2D eigenvalue weighted by molar-refractivity contribution is 7.72. The second-order valence-electron chi connectivity index (χ2n) is 0.460. The lowest BCUT2D eigenvalue weighted by molar-refractivity contribution is 3.80. The van der Waals surface area contributed by atoms with E-state index in [0.717, 1.165) is 12.3 Å². The van der Waals surface area contributed by atoms with E-state index in [4.69, 9.17) is 0 Å². The third-order valence-electron chi connectivity index (χ3n) is 0.112. The molecule has 0 rings (SSSR count). The van der Waals surface area contributed by atoms with Crippen LogP contribution in [0.5, 0.6) is 0 Å². The maximum absolute atomic E-state index is 3.19. The van der Waals surface area contributed by atoms with Crippen LogP contribution in [0.15, 0.2) is 0 Å². The Kier molecular flexibility index (Phi) is 3.53. The Balaban J connectivity index is 3.14. The van der Waals surface area contributed by atoms with E-state index < -0.39 is 0 Å². The van der Waals surface area contributed by atoms with E-state index in [2.05, 4.69) is 30.4 Å². The Morgan fingerprint density at radius 3 is 1.60 bits per heavy atom. The van der Waals surface area contributed by atoms with E-state index in [9.17, 15) is 0 Å². The van der Waals surface area contributed by atoms with Gasteiger partial charge in [-0.2, -0.15) is 0 Å². The maximum atomic E-state index is 3.19. The molecule has 0 aromatic carbocycles. The normalized spacial score (nSPS) is 8.60. The fourth-order valence-corrected chi connectivity index (χ4v) is 0. The second kappa shape index (κ2) is 3.03. The minimum Gasteiger partial charge on any atom is -0.146 e. The van der Waals surface area contributed by atoms with Gasteiger partial charge in [0.25, 0.3) is 0 Å². The first-order chi connectivity index (χ1) is 2.27. The standard InChI is InChI=1S/CPSi3/c3-1(4)2-5. The van der Waals surface area contributed by atoms with E-state index in [1.807, 2.05) is 0 Å². The van der Waals surface area contributed by atoms with Gasteiger partial charge in [-0.3, -0.25) is 0 Å². The monoisotopic (exact) mass is 127 g/mol. The van der Waals surface area contributed by atoms with Gasteiger partial charge in [-0.1, -0.05) is 4.54 Å². The average Bonchev–Trinajstić information content (AvgIpc) is 1.38. The maximum Gasteiger partial charge on any atom is 0.107 e. The molecule has 0 aromatic heterocycles. The van der Waals surface area contributed by atoms with Gasteiger partial charge >= 0.3 is 0 Å². The molecule has 4 heteroatoms. The van der Waals surface area contributed by atoms with Gasteiger partial charge in [-0.15, -0.1) is 7.75 Å². The highest BCUT2D eigenvalue weighted by Gasteiger charge is 1.63. The zero-order valence-electron chi connectivity index (χ0n) is 2.45. The molecule has 0 unspecified atom stereocenters. The van der Waals surface area contributed by atoms with Gasteiger partial charge in [0.15, 0.2) is 0 Å². The Labute approximate surface area is 43.3 Å². The first kappa shape index (κ1) is 5.82. The van der Waals surface area contributed by atoms with Crippen LogP contribution in [0.1, 0.15) is 0 Å². The molecule has 0 nitrogen and oxygen atoms in total. The van der Waals surface area contributed by atoms with Gasteiger partial charge in [0.2, 0.25) is 0 Å². The van der Waals surface area contributed by atoms with Gasteiger partial charge in [0.05, 0.1) is 20.5 Å². The summed E-state index contributed by atoms with van der Waals surface area (Å²) in [5.41, 5.74) is 0. The molecular weight excluding hydrogens is 127 g/mol. The molecule has 21 valence electrons. The molecule has 0 aromatic rings. The van der Waals surface area contributed by atoms with Crippen molar-refractivity contribution in [3.8, 4) is 0 Å². The van der Waals surface area contributed by atoms with Crippen molar-refractivity contribution in [1.29, 1.82) is 0 Å². The molecule has 0 aliphatic rings. The van der Waals surface area contributed by atoms with Gasteiger partial charge in [-0.25, -0.2) is 0 Å². The fourth-order valence-electron chi connectivity index (χ4n) is 0. The van der Waals surface area contributed by atoms with E-state index in [-0.39, 0.29) is 0 Å². The summed E-state index contributed by atoms with van der Waals surface area (Å²) in [6.45, 7) is 0. The zero-order chi connectivity index (χ0) is 4.28. The predicted molar refractivity (Wildman–Crippen MR) is 29.2 cm³/mol. The summed E-state index contributed by atoms with van der Waals surface area (Å²) in [5.74, 6) is 0. The lowest BCUT2D eigenvalue weighted by Gasteiger charge is -1.71. The summed E-state index contributed by atoms with van der Waals surface area (Å²) in [4.78, 5) is 0. The number of hydrogen-bond donors (Lipinski definition) is 0. The summed E-state index contributed by atoms with van der Waals surface area (Å²) in [6.07, 6.45) is 0. The summed E-state index contributed by atoms with van der Waals surface area (Å²) < 4.78 is 1.00. The SMILES string of the molecule is [Si]P=C([Si])[Si]. The molecule has 0 saturated heterocycles. The summed E-state index contributed by atoms with van der Waals surface area (Å²) >= 11 is 0. The van der Waals surface area contributed by atoms with E-state index in [0.29, 0.717) is 0 Å². The summed E-state index contributed by atoms with van der Waals surface area (Å²) in [7, 11) is 10.6. The topological polar surface area (TPSA) is 0 Å². The van der Waals surface area contributed by atoms with E-state index >= 15 is 0 Å². The molecule has 0 fully saturated rings. The third kappa shape index (κ3) is 4.82. The molecule has 0 aliphatic heterocycles. The molecule has 5 heavy (non-hydrogen) atoms. The molecule has 0 heterocycles. The van der Waals surface area contributed by atoms with Crippen LogP contribution in [0.3, 0.4) is 0 Å². The molecule has 0 aliphatic carbocycles. The minimum atomic E-state index is 1.00. The largest absolute Gasteiger partial charge is 0.146 e. The van der Waals surface area contributed by atoms with E-state index in [1.54, 1.807) is 0 Å². The Hall–Kier alpha value is 0.821. The Morgan fingerprint density at radius 2 is 1.60 bits per heavy atom. The molecule has 0 atom stereocenters. The van der Waals surface area contributed by atoms with Crippen molar-refractivity contribution in [2.45, 2.75) is 0 Å². The van der Waals surface area contributed by atoms with Crippen LogP contribution in [0.4, 0.5) is 0 Å². The van der Waals surface area contributed by atoms with Crippen LogP contribution in [0, 0.1) is 0 Å². The average molecular weight is 127 g/mol. The van der Waals surface area contributed by atoms with Crippen molar-refractivity contribution in [3.05, 3.63) is 0 Å². The second-order valence-corrected chi connectivity index (χ2v) is 4.14. The molecule has 0 amide bonds. The van der Waals surface area contributed by atoms with Crippen LogP contribution in [-0.2, 0) is 0 Å². The summed E-state index contributed by atoms with van der Waals surface area (Å²) in [5, 5.41) is 0. The highest BCUT2D eigenvalue weighted by Crippen LogP contribution is 1.77. The molecular formula is CPSi3.